The van der Waals surface area contributed by atoms with Crippen LogP contribution in [0.2, 0.25) is 0 Å². The predicted octanol–water partition coefficient (Wildman–Crippen LogP) is 1.94. The fraction of sp³-hybridized carbons (Fsp3) is 0.625. The first-order chi connectivity index (χ1) is 6.36. The Hall–Kier alpha value is -1.04. The molecule has 1 heterocycles. The van der Waals surface area contributed by atoms with Crippen LogP contribution in [0.15, 0.2) is 6.20 Å². The van der Waals surface area contributed by atoms with Gasteiger partial charge in [0.1, 0.15) is 0 Å². The Morgan fingerprint density at radius 2 is 2.07 bits per heavy atom. The van der Waals surface area contributed by atoms with Crippen molar-refractivity contribution in [3.63, 3.8) is 0 Å². The van der Waals surface area contributed by atoms with Crippen molar-refractivity contribution in [1.82, 2.24) is 9.78 Å². The summed E-state index contributed by atoms with van der Waals surface area (Å²) in [4.78, 5) is 0. The van der Waals surface area contributed by atoms with Crippen molar-refractivity contribution < 1.29 is 13.2 Å². The van der Waals surface area contributed by atoms with Crippen LogP contribution in [0.3, 0.4) is 0 Å². The summed E-state index contributed by atoms with van der Waals surface area (Å²) in [6.07, 6.45) is -3.08. The third kappa shape index (κ3) is 2.06. The van der Waals surface area contributed by atoms with Crippen molar-refractivity contribution in [2.24, 2.45) is 5.73 Å². The molecule has 0 unspecified atom stereocenters. The van der Waals surface area contributed by atoms with Gasteiger partial charge in [0.15, 0.2) is 5.69 Å². The molecule has 0 bridgehead atoms. The standard InChI is InChI=1S/C8H12F3N3/c1-5(2)14-4-6(3-12)7(13-14)8(9,10)11/h4-5H,3,12H2,1-2H3. The first kappa shape index (κ1) is 11.0. The Kier molecular flexibility index (Phi) is 2.84. The molecule has 1 aromatic rings. The number of alkyl halides is 3. The van der Waals surface area contributed by atoms with Gasteiger partial charge in [-0.1, -0.05) is 0 Å². The molecule has 0 spiro atoms. The van der Waals surface area contributed by atoms with Crippen LogP contribution >= 0.6 is 0 Å². The van der Waals surface area contributed by atoms with E-state index in [-0.39, 0.29) is 18.2 Å². The maximum atomic E-state index is 12.4. The summed E-state index contributed by atoms with van der Waals surface area (Å²) in [5.74, 6) is 0. The number of hydrogen-bond donors (Lipinski definition) is 1. The van der Waals surface area contributed by atoms with Crippen molar-refractivity contribution >= 4 is 0 Å². The van der Waals surface area contributed by atoms with Crippen LogP contribution in [-0.2, 0) is 12.7 Å². The Labute approximate surface area is 79.7 Å². The maximum absolute atomic E-state index is 12.4. The van der Waals surface area contributed by atoms with Crippen LogP contribution in [0.25, 0.3) is 0 Å². The molecule has 3 nitrogen and oxygen atoms in total. The molecule has 0 aliphatic heterocycles. The van der Waals surface area contributed by atoms with E-state index in [2.05, 4.69) is 5.10 Å². The molecule has 6 heteroatoms. The zero-order chi connectivity index (χ0) is 10.9. The minimum atomic E-state index is -4.42. The summed E-state index contributed by atoms with van der Waals surface area (Å²) in [6, 6.07) is -0.101. The molecule has 80 valence electrons. The molecule has 1 aromatic heterocycles. The monoisotopic (exact) mass is 207 g/mol. The molecule has 0 amide bonds. The van der Waals surface area contributed by atoms with Crippen molar-refractivity contribution in [1.29, 1.82) is 0 Å². The van der Waals surface area contributed by atoms with Gasteiger partial charge in [0.2, 0.25) is 0 Å². The van der Waals surface area contributed by atoms with E-state index in [4.69, 9.17) is 5.73 Å². The quantitative estimate of drug-likeness (QED) is 0.805. The number of nitrogens with two attached hydrogens (primary N) is 1. The van der Waals surface area contributed by atoms with Gasteiger partial charge in [0.05, 0.1) is 0 Å². The summed E-state index contributed by atoms with van der Waals surface area (Å²) in [5, 5.41) is 3.46. The van der Waals surface area contributed by atoms with Crippen molar-refractivity contribution in [3.8, 4) is 0 Å². The van der Waals surface area contributed by atoms with Crippen molar-refractivity contribution in [2.45, 2.75) is 32.6 Å². The number of hydrogen-bond acceptors (Lipinski definition) is 2. The smallest absolute Gasteiger partial charge is 0.326 e. The SMILES string of the molecule is CC(C)n1cc(CN)c(C(F)(F)F)n1. The van der Waals surface area contributed by atoms with E-state index >= 15 is 0 Å². The number of nitrogens with zero attached hydrogens (tertiary/aromatic N) is 2. The second kappa shape index (κ2) is 3.61. The number of aromatic nitrogens is 2. The Morgan fingerprint density at radius 1 is 1.50 bits per heavy atom. The average Bonchev–Trinajstić information content (AvgIpc) is 2.46. The van der Waals surface area contributed by atoms with Gasteiger partial charge < -0.3 is 5.73 Å². The number of rotatable bonds is 2. The third-order valence-electron chi connectivity index (χ3n) is 1.83. The molecular formula is C8H12F3N3. The predicted molar refractivity (Wildman–Crippen MR) is 45.5 cm³/mol. The van der Waals surface area contributed by atoms with Gasteiger partial charge in [-0.15, -0.1) is 0 Å². The Balaban J connectivity index is 3.16. The topological polar surface area (TPSA) is 43.8 Å². The van der Waals surface area contributed by atoms with Crippen LogP contribution in [-0.4, -0.2) is 9.78 Å². The highest BCUT2D eigenvalue weighted by atomic mass is 19.4. The van der Waals surface area contributed by atoms with E-state index in [1.165, 1.54) is 10.9 Å². The first-order valence-electron chi connectivity index (χ1n) is 4.21. The summed E-state index contributed by atoms with van der Waals surface area (Å²) in [7, 11) is 0. The van der Waals surface area contributed by atoms with E-state index in [0.29, 0.717) is 0 Å². The van der Waals surface area contributed by atoms with Gasteiger partial charge in [-0.2, -0.15) is 18.3 Å². The van der Waals surface area contributed by atoms with E-state index in [1.54, 1.807) is 13.8 Å². The summed E-state index contributed by atoms with van der Waals surface area (Å²) in [6.45, 7) is 3.36. The second-order valence-corrected chi connectivity index (χ2v) is 3.28. The van der Waals surface area contributed by atoms with Gasteiger partial charge in [-0.25, -0.2) is 0 Å². The lowest BCUT2D eigenvalue weighted by Gasteiger charge is -2.05. The molecule has 1 rings (SSSR count). The van der Waals surface area contributed by atoms with E-state index in [9.17, 15) is 13.2 Å². The second-order valence-electron chi connectivity index (χ2n) is 3.28. The van der Waals surface area contributed by atoms with Gasteiger partial charge in [-0.05, 0) is 13.8 Å². The fourth-order valence-electron chi connectivity index (χ4n) is 1.08. The van der Waals surface area contributed by atoms with Crippen molar-refractivity contribution in [3.05, 3.63) is 17.5 Å². The molecule has 0 radical (unpaired) electrons. The largest absolute Gasteiger partial charge is 0.435 e. The summed E-state index contributed by atoms with van der Waals surface area (Å²) >= 11 is 0. The summed E-state index contributed by atoms with van der Waals surface area (Å²) in [5.41, 5.74) is 4.36. The van der Waals surface area contributed by atoms with E-state index in [1.807, 2.05) is 0 Å². The molecule has 0 aliphatic rings. The van der Waals surface area contributed by atoms with Gasteiger partial charge in [0, 0.05) is 24.3 Å². The lowest BCUT2D eigenvalue weighted by atomic mass is 10.2. The molecule has 0 saturated heterocycles. The zero-order valence-electron chi connectivity index (χ0n) is 7.97. The van der Waals surface area contributed by atoms with Gasteiger partial charge in [-0.3, -0.25) is 4.68 Å². The van der Waals surface area contributed by atoms with E-state index < -0.39 is 11.9 Å². The highest BCUT2D eigenvalue weighted by molar-refractivity contribution is 5.19. The van der Waals surface area contributed by atoms with Crippen molar-refractivity contribution in [2.75, 3.05) is 0 Å². The molecule has 0 fully saturated rings. The lowest BCUT2D eigenvalue weighted by molar-refractivity contribution is -0.142. The van der Waals surface area contributed by atoms with E-state index in [0.717, 1.165) is 0 Å². The highest BCUT2D eigenvalue weighted by Crippen LogP contribution is 2.30. The molecule has 0 aromatic carbocycles. The average molecular weight is 207 g/mol. The minimum absolute atomic E-state index is 0.0335. The lowest BCUT2D eigenvalue weighted by Crippen LogP contribution is -2.12. The Bertz CT molecular complexity index is 314. The zero-order valence-corrected chi connectivity index (χ0v) is 7.97. The molecule has 2 N–H and O–H groups in total. The Morgan fingerprint density at radius 3 is 2.36 bits per heavy atom. The van der Waals surface area contributed by atoms with Crippen LogP contribution in [0, 0.1) is 0 Å². The van der Waals surface area contributed by atoms with Crippen LogP contribution < -0.4 is 5.73 Å². The minimum Gasteiger partial charge on any atom is -0.326 e. The van der Waals surface area contributed by atoms with Crippen LogP contribution in [0.5, 0.6) is 0 Å². The highest BCUT2D eigenvalue weighted by Gasteiger charge is 2.36. The maximum Gasteiger partial charge on any atom is 0.435 e. The summed E-state index contributed by atoms with van der Waals surface area (Å²) < 4.78 is 38.4. The fourth-order valence-corrected chi connectivity index (χ4v) is 1.08. The molecular weight excluding hydrogens is 195 g/mol. The van der Waals surface area contributed by atoms with Crippen LogP contribution in [0.1, 0.15) is 31.1 Å². The normalized spacial score (nSPS) is 12.5. The van der Waals surface area contributed by atoms with Crippen LogP contribution in [0.4, 0.5) is 13.2 Å². The number of halogens is 3. The van der Waals surface area contributed by atoms with Gasteiger partial charge >= 0.3 is 6.18 Å². The van der Waals surface area contributed by atoms with Gasteiger partial charge in [0.25, 0.3) is 0 Å². The molecule has 14 heavy (non-hydrogen) atoms. The molecule has 0 aliphatic carbocycles. The third-order valence-corrected chi connectivity index (χ3v) is 1.83. The molecule has 0 saturated carbocycles. The molecule has 0 atom stereocenters. The first-order valence-corrected chi connectivity index (χ1v) is 4.21.